The second-order valence-electron chi connectivity index (χ2n) is 5.81. The zero-order valence-electron chi connectivity index (χ0n) is 12.2. The zero-order chi connectivity index (χ0) is 14.5. The third-order valence-corrected chi connectivity index (χ3v) is 4.11. The van der Waals surface area contributed by atoms with Crippen LogP contribution in [-0.4, -0.2) is 22.3 Å². The number of amides is 1. The third-order valence-electron chi connectivity index (χ3n) is 4.11. The first-order valence-electron chi connectivity index (χ1n) is 7.23. The van der Waals surface area contributed by atoms with Crippen molar-refractivity contribution in [3.63, 3.8) is 0 Å². The van der Waals surface area contributed by atoms with Crippen LogP contribution in [0.2, 0.25) is 0 Å². The van der Waals surface area contributed by atoms with Crippen molar-refractivity contribution in [1.29, 1.82) is 5.26 Å². The molecule has 0 N–H and O–H groups in total. The molecule has 1 unspecified atom stereocenters. The molecule has 4 nitrogen and oxygen atoms in total. The molecule has 1 aromatic rings. The van der Waals surface area contributed by atoms with Gasteiger partial charge in [0.15, 0.2) is 0 Å². The van der Waals surface area contributed by atoms with Crippen LogP contribution in [0.5, 0.6) is 0 Å². The number of hydrogen-bond donors (Lipinski definition) is 0. The molecule has 2 heterocycles. The number of aromatic nitrogens is 1. The Morgan fingerprint density at radius 2 is 2.30 bits per heavy atom. The summed E-state index contributed by atoms with van der Waals surface area (Å²) < 4.78 is 0. The van der Waals surface area contributed by atoms with Crippen molar-refractivity contribution in [3.05, 3.63) is 29.6 Å². The molecule has 0 aliphatic carbocycles. The fourth-order valence-electron chi connectivity index (χ4n) is 2.75. The average Bonchev–Trinajstić information content (AvgIpc) is 2.62. The van der Waals surface area contributed by atoms with Gasteiger partial charge in [0.1, 0.15) is 11.8 Å². The number of pyridine rings is 1. The van der Waals surface area contributed by atoms with Gasteiger partial charge in [-0.1, -0.05) is 13.8 Å². The second-order valence-corrected chi connectivity index (χ2v) is 5.81. The lowest BCUT2D eigenvalue weighted by atomic mass is 9.89. The average molecular weight is 271 g/mol. The van der Waals surface area contributed by atoms with E-state index in [2.05, 4.69) is 18.8 Å². The summed E-state index contributed by atoms with van der Waals surface area (Å²) in [5, 5.41) is 8.87. The molecule has 106 valence electrons. The van der Waals surface area contributed by atoms with Crippen molar-refractivity contribution in [2.75, 3.05) is 6.54 Å². The number of nitriles is 1. The van der Waals surface area contributed by atoms with E-state index in [-0.39, 0.29) is 5.91 Å². The number of carbonyl (C=O) groups excluding carboxylic acids is 1. The van der Waals surface area contributed by atoms with E-state index in [1.165, 1.54) is 0 Å². The van der Waals surface area contributed by atoms with Crippen LogP contribution in [0.1, 0.15) is 44.4 Å². The van der Waals surface area contributed by atoms with Gasteiger partial charge in [0.05, 0.1) is 0 Å². The monoisotopic (exact) mass is 271 g/mol. The van der Waals surface area contributed by atoms with E-state index < -0.39 is 0 Å². The fourth-order valence-corrected chi connectivity index (χ4v) is 2.75. The summed E-state index contributed by atoms with van der Waals surface area (Å²) in [6.45, 7) is 5.85. The normalized spacial score (nSPS) is 19.8. The Labute approximate surface area is 120 Å². The van der Waals surface area contributed by atoms with Crippen LogP contribution in [0.4, 0.5) is 0 Å². The van der Waals surface area contributed by atoms with Crippen LogP contribution in [-0.2, 0) is 11.3 Å². The SMILES string of the molecule is CC(C)C1CCC(=O)N(Cc2ccnc(C#N)c2)CC1. The van der Waals surface area contributed by atoms with Crippen molar-refractivity contribution in [3.8, 4) is 6.07 Å². The standard InChI is InChI=1S/C16H21N3O/c1-12(2)14-3-4-16(20)19(8-6-14)11-13-5-7-18-15(9-13)10-17/h5,7,9,12,14H,3-4,6,8,11H2,1-2H3. The predicted molar refractivity (Wildman–Crippen MR) is 76.5 cm³/mol. The van der Waals surface area contributed by atoms with Gasteiger partial charge in [-0.05, 0) is 42.4 Å². The Morgan fingerprint density at radius 3 is 3.00 bits per heavy atom. The lowest BCUT2D eigenvalue weighted by molar-refractivity contribution is -0.131. The molecule has 1 amide bonds. The highest BCUT2D eigenvalue weighted by Crippen LogP contribution is 2.25. The fraction of sp³-hybridized carbons (Fsp3) is 0.562. The van der Waals surface area contributed by atoms with Gasteiger partial charge in [-0.2, -0.15) is 5.26 Å². The summed E-state index contributed by atoms with van der Waals surface area (Å²) in [6, 6.07) is 5.67. The number of likely N-dealkylation sites (tertiary alicyclic amines) is 1. The van der Waals surface area contributed by atoms with E-state index >= 15 is 0 Å². The van der Waals surface area contributed by atoms with E-state index in [1.54, 1.807) is 12.3 Å². The molecule has 0 saturated carbocycles. The number of hydrogen-bond acceptors (Lipinski definition) is 3. The van der Waals surface area contributed by atoms with Crippen molar-refractivity contribution >= 4 is 5.91 Å². The highest BCUT2D eigenvalue weighted by atomic mass is 16.2. The molecule has 0 bridgehead atoms. The van der Waals surface area contributed by atoms with Crippen molar-refractivity contribution in [1.82, 2.24) is 9.88 Å². The van der Waals surface area contributed by atoms with Crippen LogP contribution in [0, 0.1) is 23.2 Å². The molecule has 0 aromatic carbocycles. The first kappa shape index (κ1) is 14.5. The molecule has 1 fully saturated rings. The maximum absolute atomic E-state index is 12.2. The molecular formula is C16H21N3O. The Morgan fingerprint density at radius 1 is 1.50 bits per heavy atom. The first-order valence-corrected chi connectivity index (χ1v) is 7.23. The van der Waals surface area contributed by atoms with Gasteiger partial charge < -0.3 is 4.90 Å². The molecule has 1 saturated heterocycles. The van der Waals surface area contributed by atoms with Gasteiger partial charge in [-0.15, -0.1) is 0 Å². The molecule has 1 aromatic heterocycles. The lowest BCUT2D eigenvalue weighted by Crippen LogP contribution is -2.29. The Hall–Kier alpha value is -1.89. The lowest BCUT2D eigenvalue weighted by Gasteiger charge is -2.21. The van der Waals surface area contributed by atoms with Crippen LogP contribution < -0.4 is 0 Å². The molecule has 4 heteroatoms. The highest BCUT2D eigenvalue weighted by molar-refractivity contribution is 5.76. The quantitative estimate of drug-likeness (QED) is 0.849. The second kappa shape index (κ2) is 6.51. The van der Waals surface area contributed by atoms with Gasteiger partial charge >= 0.3 is 0 Å². The first-order chi connectivity index (χ1) is 9.60. The van der Waals surface area contributed by atoms with Crippen molar-refractivity contribution in [2.24, 2.45) is 11.8 Å². The Balaban J connectivity index is 2.04. The summed E-state index contributed by atoms with van der Waals surface area (Å²) in [6.07, 6.45) is 4.33. The van der Waals surface area contributed by atoms with Gasteiger partial charge in [-0.3, -0.25) is 4.79 Å². The van der Waals surface area contributed by atoms with E-state index in [0.29, 0.717) is 30.5 Å². The van der Waals surface area contributed by atoms with E-state index in [9.17, 15) is 4.79 Å². The Bertz CT molecular complexity index is 519. The summed E-state index contributed by atoms with van der Waals surface area (Å²) >= 11 is 0. The van der Waals surface area contributed by atoms with Gasteiger partial charge in [-0.25, -0.2) is 4.98 Å². The molecule has 1 aliphatic heterocycles. The maximum atomic E-state index is 12.2. The summed E-state index contributed by atoms with van der Waals surface area (Å²) in [5.41, 5.74) is 1.39. The third kappa shape index (κ3) is 3.57. The van der Waals surface area contributed by atoms with Crippen molar-refractivity contribution in [2.45, 2.75) is 39.7 Å². The molecule has 2 rings (SSSR count). The smallest absolute Gasteiger partial charge is 0.222 e. The summed E-state index contributed by atoms with van der Waals surface area (Å²) in [7, 11) is 0. The minimum absolute atomic E-state index is 0.225. The minimum atomic E-state index is 0.225. The zero-order valence-corrected chi connectivity index (χ0v) is 12.2. The summed E-state index contributed by atoms with van der Waals surface area (Å²) in [5.74, 6) is 1.49. The van der Waals surface area contributed by atoms with Crippen LogP contribution in [0.3, 0.4) is 0 Å². The van der Waals surface area contributed by atoms with Crippen LogP contribution >= 0.6 is 0 Å². The van der Waals surface area contributed by atoms with Crippen LogP contribution in [0.25, 0.3) is 0 Å². The Kier molecular flexibility index (Phi) is 4.73. The highest BCUT2D eigenvalue weighted by Gasteiger charge is 2.24. The number of carbonyl (C=O) groups is 1. The minimum Gasteiger partial charge on any atom is -0.338 e. The van der Waals surface area contributed by atoms with Crippen molar-refractivity contribution < 1.29 is 4.79 Å². The molecule has 20 heavy (non-hydrogen) atoms. The molecule has 1 aliphatic rings. The number of nitrogens with zero attached hydrogens (tertiary/aromatic N) is 3. The van der Waals surface area contributed by atoms with E-state index in [1.807, 2.05) is 17.0 Å². The van der Waals surface area contributed by atoms with E-state index in [0.717, 1.165) is 24.9 Å². The summed E-state index contributed by atoms with van der Waals surface area (Å²) in [4.78, 5) is 18.1. The molecule has 0 radical (unpaired) electrons. The van der Waals surface area contributed by atoms with Gasteiger partial charge in [0, 0.05) is 25.7 Å². The molecule has 1 atom stereocenters. The molecule has 0 spiro atoms. The topological polar surface area (TPSA) is 57.0 Å². The van der Waals surface area contributed by atoms with Gasteiger partial charge in [0.2, 0.25) is 5.91 Å². The molecular weight excluding hydrogens is 250 g/mol. The largest absolute Gasteiger partial charge is 0.338 e. The van der Waals surface area contributed by atoms with Crippen LogP contribution in [0.15, 0.2) is 18.3 Å². The van der Waals surface area contributed by atoms with E-state index in [4.69, 9.17) is 5.26 Å². The predicted octanol–water partition coefficient (Wildman–Crippen LogP) is 2.74. The maximum Gasteiger partial charge on any atom is 0.222 e. The van der Waals surface area contributed by atoms with Gasteiger partial charge in [0.25, 0.3) is 0 Å². The number of rotatable bonds is 3.